The first-order chi connectivity index (χ1) is 12.2. The Morgan fingerprint density at radius 1 is 1.24 bits per heavy atom. The van der Waals surface area contributed by atoms with Crippen molar-refractivity contribution in [2.24, 2.45) is 5.92 Å². The first-order valence-electron chi connectivity index (χ1n) is 8.58. The van der Waals surface area contributed by atoms with Crippen LogP contribution in [0.4, 0.5) is 0 Å². The smallest absolute Gasteiger partial charge is 0.251 e. The van der Waals surface area contributed by atoms with Crippen LogP contribution in [0.3, 0.4) is 0 Å². The first-order valence-corrected chi connectivity index (χ1v) is 9.65. The topological polar surface area (TPSA) is 70.7 Å². The fourth-order valence-corrected chi connectivity index (χ4v) is 4.18. The van der Waals surface area contributed by atoms with Crippen molar-refractivity contribution in [1.82, 2.24) is 20.5 Å². The number of pyridine rings is 1. The number of hydrogen-bond donors (Lipinski definition) is 2. The lowest BCUT2D eigenvalue weighted by molar-refractivity contribution is 0.0920. The number of nitrogens with zero attached hydrogens (tertiary/aromatic N) is 2. The van der Waals surface area contributed by atoms with Crippen molar-refractivity contribution in [3.05, 3.63) is 57.6 Å². The standard InChI is InChI=1S/C19H19IN4O/c20-18-14-11-13(8-9-15(14)23-24-18)19(25)22-17(12-5-1-2-6-12)16-7-3-4-10-21-16/h3-4,7-12,17H,1-2,5-6H2,(H,22,25)(H,23,24)/t17-/m0/s1. The molecule has 5 nitrogen and oxygen atoms in total. The molecule has 4 rings (SSSR count). The van der Waals surface area contributed by atoms with Gasteiger partial charge in [0.25, 0.3) is 5.91 Å². The second-order valence-electron chi connectivity index (χ2n) is 6.52. The summed E-state index contributed by atoms with van der Waals surface area (Å²) in [5, 5.41) is 11.4. The molecule has 2 aromatic heterocycles. The summed E-state index contributed by atoms with van der Waals surface area (Å²) in [6, 6.07) is 11.5. The van der Waals surface area contributed by atoms with Crippen LogP contribution in [0.15, 0.2) is 42.6 Å². The number of fused-ring (bicyclic) bond motifs is 1. The number of hydrogen-bond acceptors (Lipinski definition) is 3. The van der Waals surface area contributed by atoms with Crippen LogP contribution in [0.1, 0.15) is 47.8 Å². The van der Waals surface area contributed by atoms with Gasteiger partial charge in [-0.3, -0.25) is 14.9 Å². The van der Waals surface area contributed by atoms with Crippen molar-refractivity contribution in [1.29, 1.82) is 0 Å². The highest BCUT2D eigenvalue weighted by Gasteiger charge is 2.29. The van der Waals surface area contributed by atoms with E-state index in [4.69, 9.17) is 0 Å². The van der Waals surface area contributed by atoms with Crippen molar-refractivity contribution in [3.8, 4) is 0 Å². The van der Waals surface area contributed by atoms with E-state index in [1.807, 2.05) is 36.4 Å². The predicted molar refractivity (Wildman–Crippen MR) is 105 cm³/mol. The molecule has 1 saturated carbocycles. The van der Waals surface area contributed by atoms with Gasteiger partial charge in [0.2, 0.25) is 0 Å². The van der Waals surface area contributed by atoms with Gasteiger partial charge < -0.3 is 5.32 Å². The minimum absolute atomic E-state index is 0.0321. The highest BCUT2D eigenvalue weighted by atomic mass is 127. The van der Waals surface area contributed by atoms with Crippen LogP contribution in [0, 0.1) is 9.62 Å². The Kier molecular flexibility index (Phi) is 4.70. The number of aromatic amines is 1. The molecule has 0 aliphatic heterocycles. The summed E-state index contributed by atoms with van der Waals surface area (Å²) in [6.07, 6.45) is 6.52. The van der Waals surface area contributed by atoms with Crippen molar-refractivity contribution in [3.63, 3.8) is 0 Å². The minimum atomic E-state index is -0.0542. The maximum Gasteiger partial charge on any atom is 0.251 e. The molecule has 0 spiro atoms. The average Bonchev–Trinajstić information content (AvgIpc) is 3.30. The van der Waals surface area contributed by atoms with Crippen LogP contribution < -0.4 is 5.32 Å². The second kappa shape index (κ2) is 7.11. The molecular formula is C19H19IN4O. The van der Waals surface area contributed by atoms with Gasteiger partial charge in [0.15, 0.2) is 0 Å². The second-order valence-corrected chi connectivity index (χ2v) is 7.60. The average molecular weight is 446 g/mol. The third kappa shape index (κ3) is 3.40. The Bertz CT molecular complexity index is 887. The summed E-state index contributed by atoms with van der Waals surface area (Å²) in [7, 11) is 0. The Balaban J connectivity index is 1.61. The van der Waals surface area contributed by atoms with Crippen LogP contribution in [-0.2, 0) is 0 Å². The van der Waals surface area contributed by atoms with E-state index in [0.717, 1.165) is 33.1 Å². The van der Waals surface area contributed by atoms with Crippen molar-refractivity contribution >= 4 is 39.4 Å². The molecule has 1 aromatic carbocycles. The minimum Gasteiger partial charge on any atom is -0.343 e. The van der Waals surface area contributed by atoms with Crippen LogP contribution in [0.25, 0.3) is 10.9 Å². The van der Waals surface area contributed by atoms with Crippen molar-refractivity contribution in [2.75, 3.05) is 0 Å². The van der Waals surface area contributed by atoms with Crippen molar-refractivity contribution < 1.29 is 4.79 Å². The van der Waals surface area contributed by atoms with Gasteiger partial charge in [0, 0.05) is 17.1 Å². The molecule has 1 amide bonds. The molecule has 0 unspecified atom stereocenters. The molecule has 0 radical (unpaired) electrons. The maximum atomic E-state index is 12.9. The summed E-state index contributed by atoms with van der Waals surface area (Å²) in [4.78, 5) is 17.4. The zero-order valence-corrected chi connectivity index (χ0v) is 15.9. The SMILES string of the molecule is O=C(N[C@H](c1ccccn1)C1CCCC1)c1ccc2n[nH]c(I)c2c1. The lowest BCUT2D eigenvalue weighted by Crippen LogP contribution is -2.33. The summed E-state index contributed by atoms with van der Waals surface area (Å²) in [6.45, 7) is 0. The molecule has 0 saturated heterocycles. The lowest BCUT2D eigenvalue weighted by atomic mass is 9.94. The number of rotatable bonds is 4. The fraction of sp³-hybridized carbons (Fsp3) is 0.316. The molecule has 2 N–H and O–H groups in total. The Morgan fingerprint density at radius 3 is 2.84 bits per heavy atom. The molecular weight excluding hydrogens is 427 g/mol. The summed E-state index contributed by atoms with van der Waals surface area (Å²) < 4.78 is 0.944. The number of carbonyl (C=O) groups is 1. The molecule has 6 heteroatoms. The Labute approximate surface area is 159 Å². The Hall–Kier alpha value is -1.96. The fourth-order valence-electron chi connectivity index (χ4n) is 3.63. The van der Waals surface area contributed by atoms with E-state index >= 15 is 0 Å². The van der Waals surface area contributed by atoms with E-state index in [0.29, 0.717) is 11.5 Å². The highest BCUT2D eigenvalue weighted by Crippen LogP contribution is 2.35. The number of aromatic nitrogens is 3. The predicted octanol–water partition coefficient (Wildman–Crippen LogP) is 4.22. The molecule has 1 aliphatic carbocycles. The quantitative estimate of drug-likeness (QED) is 0.590. The number of benzene rings is 1. The maximum absolute atomic E-state index is 12.9. The Morgan fingerprint density at radius 2 is 2.08 bits per heavy atom. The van der Waals surface area contributed by atoms with Gasteiger partial charge in [-0.05, 0) is 71.7 Å². The van der Waals surface area contributed by atoms with Crippen molar-refractivity contribution in [2.45, 2.75) is 31.7 Å². The van der Waals surface area contributed by atoms with Gasteiger partial charge in [0.05, 0.1) is 17.3 Å². The van der Waals surface area contributed by atoms with Crippen LogP contribution in [0.5, 0.6) is 0 Å². The molecule has 25 heavy (non-hydrogen) atoms. The van der Waals surface area contributed by atoms with Gasteiger partial charge >= 0.3 is 0 Å². The summed E-state index contributed by atoms with van der Waals surface area (Å²) in [5.41, 5.74) is 2.48. The summed E-state index contributed by atoms with van der Waals surface area (Å²) in [5.74, 6) is 0.401. The highest BCUT2D eigenvalue weighted by molar-refractivity contribution is 14.1. The third-order valence-corrected chi connectivity index (χ3v) is 5.76. The summed E-state index contributed by atoms with van der Waals surface area (Å²) >= 11 is 2.20. The normalized spacial score (nSPS) is 16.2. The van der Waals surface area contributed by atoms with Gasteiger partial charge in [-0.25, -0.2) is 0 Å². The van der Waals surface area contributed by atoms with Crippen LogP contribution in [0.2, 0.25) is 0 Å². The number of halogens is 1. The molecule has 2 heterocycles. The molecule has 1 atom stereocenters. The van der Waals surface area contributed by atoms with E-state index in [1.165, 1.54) is 12.8 Å². The number of H-pyrrole nitrogens is 1. The molecule has 1 fully saturated rings. The lowest BCUT2D eigenvalue weighted by Gasteiger charge is -2.24. The molecule has 128 valence electrons. The zero-order chi connectivity index (χ0) is 17.2. The van der Waals surface area contributed by atoms with Gasteiger partial charge in [-0.1, -0.05) is 18.9 Å². The van der Waals surface area contributed by atoms with E-state index < -0.39 is 0 Å². The number of carbonyl (C=O) groups excluding carboxylic acids is 1. The third-order valence-electron chi connectivity index (χ3n) is 4.93. The number of amides is 1. The van der Waals surface area contributed by atoms with Crippen LogP contribution in [-0.4, -0.2) is 21.1 Å². The number of nitrogens with one attached hydrogen (secondary N) is 2. The monoisotopic (exact) mass is 446 g/mol. The van der Waals surface area contributed by atoms with Gasteiger partial charge in [-0.15, -0.1) is 0 Å². The molecule has 1 aliphatic rings. The van der Waals surface area contributed by atoms with Gasteiger partial charge in [0.1, 0.15) is 3.70 Å². The first kappa shape index (κ1) is 16.5. The van der Waals surface area contributed by atoms with E-state index in [9.17, 15) is 4.79 Å². The van der Waals surface area contributed by atoms with E-state index in [2.05, 4.69) is 43.1 Å². The molecule has 0 bridgehead atoms. The van der Waals surface area contributed by atoms with E-state index in [1.54, 1.807) is 6.20 Å². The molecule has 3 aromatic rings. The zero-order valence-electron chi connectivity index (χ0n) is 13.7. The largest absolute Gasteiger partial charge is 0.343 e. The van der Waals surface area contributed by atoms with Gasteiger partial charge in [-0.2, -0.15) is 5.10 Å². The van der Waals surface area contributed by atoms with Crippen LogP contribution >= 0.6 is 22.6 Å². The van der Waals surface area contributed by atoms with E-state index in [-0.39, 0.29) is 11.9 Å².